The average Bonchev–Trinajstić information content (AvgIpc) is 3.26. The Bertz CT molecular complexity index is 887. The maximum atomic E-state index is 12.1. The summed E-state index contributed by atoms with van der Waals surface area (Å²) in [6.45, 7) is -0.0900. The normalized spacial score (nSPS) is 10.6. The molecule has 0 aliphatic rings. The van der Waals surface area contributed by atoms with Crippen LogP contribution in [0.4, 0.5) is 0 Å². The van der Waals surface area contributed by atoms with Gasteiger partial charge in [0.15, 0.2) is 11.5 Å². The van der Waals surface area contributed by atoms with Gasteiger partial charge in [-0.05, 0) is 41.8 Å². The number of rotatable bonds is 5. The van der Waals surface area contributed by atoms with E-state index in [4.69, 9.17) is 27.6 Å². The van der Waals surface area contributed by atoms with Gasteiger partial charge >= 0.3 is 0 Å². The van der Waals surface area contributed by atoms with Gasteiger partial charge in [-0.15, -0.1) is 11.3 Å². The Morgan fingerprint density at radius 1 is 1.12 bits per heavy atom. The maximum Gasteiger partial charge on any atom is 0.287 e. The molecule has 0 spiro atoms. The number of carbonyl (C=O) groups excluding carboxylic acids is 2. The van der Waals surface area contributed by atoms with Crippen molar-refractivity contribution >= 4 is 46.2 Å². The molecule has 0 unspecified atom stereocenters. The van der Waals surface area contributed by atoms with Crippen LogP contribution < -0.4 is 5.32 Å². The molecule has 24 heavy (non-hydrogen) atoms. The summed E-state index contributed by atoms with van der Waals surface area (Å²) in [6, 6.07) is 11.6. The highest BCUT2D eigenvalue weighted by atomic mass is 35.5. The van der Waals surface area contributed by atoms with Crippen LogP contribution in [0.1, 0.15) is 20.2 Å². The summed E-state index contributed by atoms with van der Waals surface area (Å²) in [7, 11) is 0. The van der Waals surface area contributed by atoms with Crippen LogP contribution in [0.3, 0.4) is 0 Å². The van der Waals surface area contributed by atoms with E-state index in [-0.39, 0.29) is 18.1 Å². The summed E-state index contributed by atoms with van der Waals surface area (Å²) in [5.74, 6) is -0.0930. The number of benzene rings is 1. The molecule has 0 aliphatic heterocycles. The highest BCUT2D eigenvalue weighted by molar-refractivity contribution is 7.12. The van der Waals surface area contributed by atoms with E-state index in [2.05, 4.69) is 5.32 Å². The third-order valence-electron chi connectivity index (χ3n) is 3.23. The van der Waals surface area contributed by atoms with Crippen molar-refractivity contribution in [1.29, 1.82) is 0 Å². The molecule has 0 aliphatic carbocycles. The first-order valence-corrected chi connectivity index (χ1v) is 8.58. The Hall–Kier alpha value is -2.08. The Labute approximate surface area is 152 Å². The highest BCUT2D eigenvalue weighted by Crippen LogP contribution is 2.31. The second kappa shape index (κ2) is 7.21. The van der Waals surface area contributed by atoms with Crippen LogP contribution >= 0.6 is 34.5 Å². The van der Waals surface area contributed by atoms with E-state index in [1.807, 2.05) is 5.38 Å². The Morgan fingerprint density at radius 3 is 2.71 bits per heavy atom. The zero-order valence-corrected chi connectivity index (χ0v) is 14.5. The van der Waals surface area contributed by atoms with Crippen molar-refractivity contribution in [3.63, 3.8) is 0 Å². The van der Waals surface area contributed by atoms with Crippen molar-refractivity contribution in [1.82, 2.24) is 5.32 Å². The molecule has 1 amide bonds. The minimum atomic E-state index is -0.468. The zero-order chi connectivity index (χ0) is 17.1. The monoisotopic (exact) mass is 379 g/mol. The third-order valence-corrected chi connectivity index (χ3v) is 4.70. The topological polar surface area (TPSA) is 59.3 Å². The predicted molar refractivity (Wildman–Crippen MR) is 95.1 cm³/mol. The van der Waals surface area contributed by atoms with E-state index in [0.717, 1.165) is 0 Å². The van der Waals surface area contributed by atoms with Gasteiger partial charge in [-0.2, -0.15) is 0 Å². The SMILES string of the molecule is O=C(NCC(=O)c1cccs1)c1ccc(-c2cc(Cl)ccc2Cl)o1. The average molecular weight is 380 g/mol. The van der Waals surface area contributed by atoms with Crippen molar-refractivity contribution in [2.24, 2.45) is 0 Å². The number of furan rings is 1. The molecule has 1 N–H and O–H groups in total. The second-order valence-electron chi connectivity index (χ2n) is 4.87. The molecule has 2 aromatic heterocycles. The molecule has 0 saturated heterocycles. The summed E-state index contributed by atoms with van der Waals surface area (Å²) in [5, 5.41) is 5.33. The lowest BCUT2D eigenvalue weighted by atomic mass is 10.2. The smallest absolute Gasteiger partial charge is 0.287 e. The molecule has 0 radical (unpaired) electrons. The summed E-state index contributed by atoms with van der Waals surface area (Å²) in [5.41, 5.74) is 0.595. The van der Waals surface area contributed by atoms with Crippen molar-refractivity contribution in [2.75, 3.05) is 6.54 Å². The lowest BCUT2D eigenvalue weighted by Gasteiger charge is -2.03. The van der Waals surface area contributed by atoms with E-state index < -0.39 is 5.91 Å². The summed E-state index contributed by atoms with van der Waals surface area (Å²) in [6.07, 6.45) is 0. The van der Waals surface area contributed by atoms with Crippen LogP contribution in [0.25, 0.3) is 11.3 Å². The lowest BCUT2D eigenvalue weighted by Crippen LogP contribution is -2.28. The molecular formula is C17H11Cl2NO3S. The molecule has 0 saturated carbocycles. The first-order valence-electron chi connectivity index (χ1n) is 6.95. The molecule has 4 nitrogen and oxygen atoms in total. The molecule has 0 atom stereocenters. The molecule has 7 heteroatoms. The van der Waals surface area contributed by atoms with Crippen molar-refractivity contribution in [3.05, 3.63) is 68.5 Å². The van der Waals surface area contributed by atoms with Crippen LogP contribution in [0, 0.1) is 0 Å². The van der Waals surface area contributed by atoms with Gasteiger partial charge in [0.05, 0.1) is 16.4 Å². The largest absolute Gasteiger partial charge is 0.451 e. The first-order chi connectivity index (χ1) is 11.5. The van der Waals surface area contributed by atoms with E-state index in [1.54, 1.807) is 36.4 Å². The number of halogens is 2. The number of nitrogens with one attached hydrogen (secondary N) is 1. The molecule has 0 fully saturated rings. The molecule has 0 bridgehead atoms. The predicted octanol–water partition coefficient (Wildman–Crippen LogP) is 4.93. The fourth-order valence-electron chi connectivity index (χ4n) is 2.06. The van der Waals surface area contributed by atoms with E-state index in [1.165, 1.54) is 17.4 Å². The summed E-state index contributed by atoms with van der Waals surface area (Å²) < 4.78 is 5.53. The molecule has 122 valence electrons. The number of carbonyl (C=O) groups is 2. The lowest BCUT2D eigenvalue weighted by molar-refractivity contribution is 0.0887. The van der Waals surface area contributed by atoms with Gasteiger partial charge < -0.3 is 9.73 Å². The van der Waals surface area contributed by atoms with Crippen LogP contribution in [-0.4, -0.2) is 18.2 Å². The molecular weight excluding hydrogens is 369 g/mol. The molecule has 3 rings (SSSR count). The zero-order valence-electron chi connectivity index (χ0n) is 12.2. The van der Waals surface area contributed by atoms with Crippen molar-refractivity contribution < 1.29 is 14.0 Å². The van der Waals surface area contributed by atoms with Crippen molar-refractivity contribution in [3.8, 4) is 11.3 Å². The maximum absolute atomic E-state index is 12.1. The number of amides is 1. The first kappa shape index (κ1) is 16.8. The number of hydrogen-bond donors (Lipinski definition) is 1. The fraction of sp³-hybridized carbons (Fsp3) is 0.0588. The molecule has 1 aromatic carbocycles. The highest BCUT2D eigenvalue weighted by Gasteiger charge is 2.16. The van der Waals surface area contributed by atoms with Gasteiger partial charge in [0.1, 0.15) is 5.76 Å². The fourth-order valence-corrected chi connectivity index (χ4v) is 3.11. The Balaban J connectivity index is 1.70. The van der Waals surface area contributed by atoms with Gasteiger partial charge in [-0.1, -0.05) is 29.3 Å². The van der Waals surface area contributed by atoms with Gasteiger partial charge in [0, 0.05) is 10.6 Å². The Morgan fingerprint density at radius 2 is 1.96 bits per heavy atom. The third kappa shape index (κ3) is 3.70. The number of ketones is 1. The van der Waals surface area contributed by atoms with Crippen LogP contribution in [0.15, 0.2) is 52.3 Å². The van der Waals surface area contributed by atoms with Crippen LogP contribution in [-0.2, 0) is 0 Å². The standard InChI is InChI=1S/C17H11Cl2NO3S/c18-10-3-4-12(19)11(8-10)14-5-6-15(23-14)17(22)20-9-13(21)16-2-1-7-24-16/h1-8H,9H2,(H,20,22). The molecule has 2 heterocycles. The van der Waals surface area contributed by atoms with Gasteiger partial charge in [-0.3, -0.25) is 9.59 Å². The minimum Gasteiger partial charge on any atom is -0.451 e. The second-order valence-corrected chi connectivity index (χ2v) is 6.66. The van der Waals surface area contributed by atoms with Gasteiger partial charge in [-0.25, -0.2) is 0 Å². The minimum absolute atomic E-state index is 0.0900. The Kier molecular flexibility index (Phi) is 5.04. The van der Waals surface area contributed by atoms with Crippen LogP contribution in [0.2, 0.25) is 10.0 Å². The molecule has 3 aromatic rings. The number of Topliss-reactive ketones (excluding diaryl/α,β-unsaturated/α-hetero) is 1. The quantitative estimate of drug-likeness (QED) is 0.639. The number of hydrogen-bond acceptors (Lipinski definition) is 4. The number of thiophene rings is 1. The van der Waals surface area contributed by atoms with E-state index in [9.17, 15) is 9.59 Å². The van der Waals surface area contributed by atoms with E-state index in [0.29, 0.717) is 26.2 Å². The summed E-state index contributed by atoms with van der Waals surface area (Å²) >= 11 is 13.4. The van der Waals surface area contributed by atoms with E-state index >= 15 is 0 Å². The summed E-state index contributed by atoms with van der Waals surface area (Å²) in [4.78, 5) is 24.6. The van der Waals surface area contributed by atoms with Gasteiger partial charge in [0.25, 0.3) is 5.91 Å². The van der Waals surface area contributed by atoms with Gasteiger partial charge in [0.2, 0.25) is 0 Å². The van der Waals surface area contributed by atoms with Crippen molar-refractivity contribution in [2.45, 2.75) is 0 Å². The van der Waals surface area contributed by atoms with Crippen LogP contribution in [0.5, 0.6) is 0 Å².